The maximum Gasteiger partial charge on any atom is 0.186 e. The number of aliphatic imine (C=N–C) groups is 1. The highest BCUT2D eigenvalue weighted by Crippen LogP contribution is 2.15. The van der Waals surface area contributed by atoms with Crippen LogP contribution in [0.4, 0.5) is 5.82 Å². The smallest absolute Gasteiger partial charge is 0.186 e. The van der Waals surface area contributed by atoms with Gasteiger partial charge in [-0.25, -0.2) is 0 Å². The topological polar surface area (TPSA) is 50.3 Å². The van der Waals surface area contributed by atoms with Crippen LogP contribution in [0.1, 0.15) is 26.3 Å². The van der Waals surface area contributed by atoms with E-state index < -0.39 is 0 Å². The molecule has 72 valence electrons. The van der Waals surface area contributed by atoms with Gasteiger partial charge in [0.25, 0.3) is 0 Å². The van der Waals surface area contributed by atoms with Crippen LogP contribution in [0.2, 0.25) is 0 Å². The Labute approximate surface area is 78.0 Å². The average Bonchev–Trinajstić information content (AvgIpc) is 2.52. The largest absolute Gasteiger partial charge is 0.481 e. The van der Waals surface area contributed by atoms with Crippen LogP contribution in [0.5, 0.6) is 0 Å². The molecule has 0 aliphatic heterocycles. The van der Waals surface area contributed by atoms with Crippen molar-refractivity contribution in [3.8, 4) is 0 Å². The SMILES string of the molecule is CCO/C(C)=N\c1[nH]ncc1CC. The van der Waals surface area contributed by atoms with E-state index in [2.05, 4.69) is 22.1 Å². The maximum absolute atomic E-state index is 5.22. The third-order valence-electron chi connectivity index (χ3n) is 1.70. The van der Waals surface area contributed by atoms with Crippen molar-refractivity contribution in [1.82, 2.24) is 10.2 Å². The molecule has 1 rings (SSSR count). The molecule has 0 saturated heterocycles. The number of H-pyrrole nitrogens is 1. The molecule has 4 heteroatoms. The van der Waals surface area contributed by atoms with Crippen molar-refractivity contribution in [1.29, 1.82) is 0 Å². The number of rotatable bonds is 3. The van der Waals surface area contributed by atoms with E-state index in [0.29, 0.717) is 12.5 Å². The van der Waals surface area contributed by atoms with Gasteiger partial charge in [-0.2, -0.15) is 10.1 Å². The molecule has 0 radical (unpaired) electrons. The lowest BCUT2D eigenvalue weighted by atomic mass is 10.3. The minimum atomic E-state index is 0.644. The highest BCUT2D eigenvalue weighted by atomic mass is 16.5. The number of nitrogens with zero attached hydrogens (tertiary/aromatic N) is 2. The summed E-state index contributed by atoms with van der Waals surface area (Å²) in [6, 6.07) is 0. The fraction of sp³-hybridized carbons (Fsp3) is 0.556. The molecule has 0 unspecified atom stereocenters. The van der Waals surface area contributed by atoms with Crippen LogP contribution in [0.3, 0.4) is 0 Å². The van der Waals surface area contributed by atoms with Gasteiger partial charge in [-0.15, -0.1) is 0 Å². The monoisotopic (exact) mass is 181 g/mol. The zero-order valence-corrected chi connectivity index (χ0v) is 8.29. The van der Waals surface area contributed by atoms with Crippen LogP contribution in [-0.4, -0.2) is 22.7 Å². The van der Waals surface area contributed by atoms with E-state index in [1.807, 2.05) is 13.8 Å². The third kappa shape index (κ3) is 2.57. The van der Waals surface area contributed by atoms with Gasteiger partial charge in [-0.3, -0.25) is 5.10 Å². The van der Waals surface area contributed by atoms with Crippen molar-refractivity contribution in [2.24, 2.45) is 4.99 Å². The Morgan fingerprint density at radius 2 is 2.38 bits per heavy atom. The summed E-state index contributed by atoms with van der Waals surface area (Å²) in [7, 11) is 0. The zero-order chi connectivity index (χ0) is 9.68. The third-order valence-corrected chi connectivity index (χ3v) is 1.70. The van der Waals surface area contributed by atoms with Gasteiger partial charge in [0.05, 0.1) is 12.8 Å². The first-order valence-electron chi connectivity index (χ1n) is 4.48. The predicted octanol–water partition coefficient (Wildman–Crippen LogP) is 2.06. The first kappa shape index (κ1) is 9.77. The summed E-state index contributed by atoms with van der Waals surface area (Å²) in [5.41, 5.74) is 1.11. The number of nitrogens with one attached hydrogen (secondary N) is 1. The summed E-state index contributed by atoms with van der Waals surface area (Å²) in [4.78, 5) is 4.26. The summed E-state index contributed by atoms with van der Waals surface area (Å²) in [6.07, 6.45) is 2.72. The van der Waals surface area contributed by atoms with Crippen molar-refractivity contribution < 1.29 is 4.74 Å². The fourth-order valence-corrected chi connectivity index (χ4v) is 1.06. The van der Waals surface area contributed by atoms with Crippen molar-refractivity contribution >= 4 is 11.7 Å². The van der Waals surface area contributed by atoms with Gasteiger partial charge in [0.2, 0.25) is 0 Å². The molecule has 0 aliphatic rings. The predicted molar refractivity (Wildman–Crippen MR) is 52.4 cm³/mol. The van der Waals surface area contributed by atoms with Crippen LogP contribution in [0.15, 0.2) is 11.2 Å². The normalized spacial score (nSPS) is 11.8. The molecule has 0 spiro atoms. The molecule has 1 aromatic rings. The number of hydrogen-bond acceptors (Lipinski definition) is 3. The number of aromatic nitrogens is 2. The molecular weight excluding hydrogens is 166 g/mol. The van der Waals surface area contributed by atoms with E-state index in [0.717, 1.165) is 17.8 Å². The standard InChI is InChI=1S/C9H15N3O/c1-4-8-6-10-12-9(8)11-7(3)13-5-2/h6H,4-5H2,1-3H3,(H,10,12)/b11-7-. The highest BCUT2D eigenvalue weighted by molar-refractivity contribution is 5.76. The molecule has 0 saturated carbocycles. The van der Waals surface area contributed by atoms with Gasteiger partial charge in [-0.1, -0.05) is 6.92 Å². The minimum absolute atomic E-state index is 0.644. The Morgan fingerprint density at radius 1 is 1.62 bits per heavy atom. The first-order chi connectivity index (χ1) is 6.27. The van der Waals surface area contributed by atoms with E-state index in [4.69, 9.17) is 4.74 Å². The Bertz CT molecular complexity index is 291. The molecule has 0 aliphatic carbocycles. The van der Waals surface area contributed by atoms with Crippen LogP contribution in [-0.2, 0) is 11.2 Å². The van der Waals surface area contributed by atoms with Crippen molar-refractivity contribution in [2.45, 2.75) is 27.2 Å². The number of ether oxygens (including phenoxy) is 1. The Kier molecular flexibility index (Phi) is 3.49. The molecule has 1 heterocycles. The summed E-state index contributed by atoms with van der Waals surface area (Å²) in [5.74, 6) is 1.47. The first-order valence-corrected chi connectivity index (χ1v) is 4.48. The number of aromatic amines is 1. The second-order valence-electron chi connectivity index (χ2n) is 2.66. The van der Waals surface area contributed by atoms with E-state index in [1.165, 1.54) is 0 Å². The van der Waals surface area contributed by atoms with E-state index in [9.17, 15) is 0 Å². The lowest BCUT2D eigenvalue weighted by Crippen LogP contribution is -1.97. The lowest BCUT2D eigenvalue weighted by Gasteiger charge is -2.00. The summed E-state index contributed by atoms with van der Waals surface area (Å²) in [6.45, 7) is 6.49. The van der Waals surface area contributed by atoms with E-state index in [1.54, 1.807) is 6.20 Å². The van der Waals surface area contributed by atoms with Gasteiger partial charge in [-0.05, 0) is 13.3 Å². The molecule has 0 amide bonds. The highest BCUT2D eigenvalue weighted by Gasteiger charge is 2.01. The van der Waals surface area contributed by atoms with Gasteiger partial charge in [0.1, 0.15) is 0 Å². The van der Waals surface area contributed by atoms with Crippen LogP contribution < -0.4 is 0 Å². The molecular formula is C9H15N3O. The summed E-state index contributed by atoms with van der Waals surface area (Å²) < 4.78 is 5.22. The lowest BCUT2D eigenvalue weighted by molar-refractivity contribution is 0.324. The van der Waals surface area contributed by atoms with Gasteiger partial charge >= 0.3 is 0 Å². The molecule has 1 aromatic heterocycles. The quantitative estimate of drug-likeness (QED) is 0.573. The average molecular weight is 181 g/mol. The van der Waals surface area contributed by atoms with Crippen LogP contribution in [0.25, 0.3) is 0 Å². The summed E-state index contributed by atoms with van der Waals surface area (Å²) >= 11 is 0. The zero-order valence-electron chi connectivity index (χ0n) is 8.29. The van der Waals surface area contributed by atoms with Crippen molar-refractivity contribution in [2.75, 3.05) is 6.61 Å². The summed E-state index contributed by atoms with van der Waals surface area (Å²) in [5, 5.41) is 6.75. The van der Waals surface area contributed by atoms with Crippen molar-refractivity contribution in [3.05, 3.63) is 11.8 Å². The maximum atomic E-state index is 5.22. The fourth-order valence-electron chi connectivity index (χ4n) is 1.06. The molecule has 13 heavy (non-hydrogen) atoms. The van der Waals surface area contributed by atoms with Crippen molar-refractivity contribution in [3.63, 3.8) is 0 Å². The Hall–Kier alpha value is -1.32. The van der Waals surface area contributed by atoms with E-state index >= 15 is 0 Å². The van der Waals surface area contributed by atoms with Gasteiger partial charge < -0.3 is 4.74 Å². The molecule has 1 N–H and O–H groups in total. The Morgan fingerprint density at radius 3 is 3.00 bits per heavy atom. The number of hydrogen-bond donors (Lipinski definition) is 1. The minimum Gasteiger partial charge on any atom is -0.481 e. The molecule has 0 bridgehead atoms. The van der Waals surface area contributed by atoms with Crippen LogP contribution >= 0.6 is 0 Å². The second kappa shape index (κ2) is 4.64. The molecule has 0 atom stereocenters. The van der Waals surface area contributed by atoms with Gasteiger partial charge in [0, 0.05) is 12.5 Å². The van der Waals surface area contributed by atoms with E-state index in [-0.39, 0.29) is 0 Å². The molecule has 4 nitrogen and oxygen atoms in total. The second-order valence-corrected chi connectivity index (χ2v) is 2.66. The van der Waals surface area contributed by atoms with Gasteiger partial charge in [0.15, 0.2) is 11.7 Å². The molecule has 0 aromatic carbocycles. The molecule has 0 fully saturated rings. The van der Waals surface area contributed by atoms with Crippen LogP contribution in [0, 0.1) is 0 Å². The Balaban J connectivity index is 2.77. The number of aryl methyl sites for hydroxylation is 1.